The molecule has 0 atom stereocenters. The Balaban J connectivity index is 1.81. The molecular weight excluding hydrogens is 228 g/mol. The molecule has 1 aliphatic rings. The van der Waals surface area contributed by atoms with Crippen molar-refractivity contribution in [1.82, 2.24) is 10.2 Å². The van der Waals surface area contributed by atoms with Crippen LogP contribution in [0.15, 0.2) is 36.5 Å². The predicted molar refractivity (Wildman–Crippen MR) is 68.8 cm³/mol. The number of carbonyl (C=O) groups is 1. The minimum atomic E-state index is -0.649. The quantitative estimate of drug-likeness (QED) is 0.762. The summed E-state index contributed by atoms with van der Waals surface area (Å²) < 4.78 is 0. The maximum atomic E-state index is 11.8. The molecule has 0 saturated heterocycles. The molecule has 1 saturated carbocycles. The lowest BCUT2D eigenvalue weighted by Crippen LogP contribution is -2.37. The van der Waals surface area contributed by atoms with Gasteiger partial charge in [0.15, 0.2) is 0 Å². The second-order valence-corrected chi connectivity index (χ2v) is 4.66. The molecule has 5 heteroatoms. The molecule has 1 aromatic carbocycles. The topological polar surface area (TPSA) is 83.8 Å². The van der Waals surface area contributed by atoms with Crippen LogP contribution in [0.2, 0.25) is 0 Å². The van der Waals surface area contributed by atoms with Gasteiger partial charge in [-0.25, -0.2) is 0 Å². The van der Waals surface area contributed by atoms with Crippen molar-refractivity contribution >= 4 is 11.6 Å². The molecule has 0 spiro atoms. The van der Waals surface area contributed by atoms with E-state index in [9.17, 15) is 4.79 Å². The number of amides is 1. The molecule has 4 N–H and O–H groups in total. The summed E-state index contributed by atoms with van der Waals surface area (Å²) in [4.78, 5) is 11.8. The first kappa shape index (κ1) is 11.0. The molecule has 1 heterocycles. The van der Waals surface area contributed by atoms with Crippen molar-refractivity contribution in [2.24, 2.45) is 5.73 Å². The second kappa shape index (κ2) is 3.96. The lowest BCUT2D eigenvalue weighted by Gasteiger charge is -2.10. The molecule has 5 nitrogen and oxygen atoms in total. The Hall–Kier alpha value is -2.14. The Morgan fingerprint density at radius 2 is 2.22 bits per heavy atom. The molecule has 0 bridgehead atoms. The van der Waals surface area contributed by atoms with E-state index in [-0.39, 0.29) is 5.91 Å². The Labute approximate surface area is 104 Å². The molecule has 0 unspecified atom stereocenters. The van der Waals surface area contributed by atoms with Crippen LogP contribution in [0.4, 0.5) is 5.69 Å². The van der Waals surface area contributed by atoms with E-state index in [0.29, 0.717) is 0 Å². The van der Waals surface area contributed by atoms with Gasteiger partial charge in [0.25, 0.3) is 0 Å². The number of anilines is 1. The Bertz CT molecular complexity index is 572. The minimum Gasteiger partial charge on any atom is -0.324 e. The van der Waals surface area contributed by atoms with Gasteiger partial charge in [-0.15, -0.1) is 0 Å². The number of rotatable bonds is 3. The molecule has 92 valence electrons. The average molecular weight is 242 g/mol. The third-order valence-corrected chi connectivity index (χ3v) is 3.17. The molecule has 1 fully saturated rings. The Kier molecular flexibility index (Phi) is 2.41. The standard InChI is InChI=1S/C13H14N4O/c14-13(5-6-13)12(18)16-10-3-1-2-9(8-10)11-4-7-15-17-11/h1-4,7-8H,5-6,14H2,(H,15,17)(H,16,18). The summed E-state index contributed by atoms with van der Waals surface area (Å²) in [6.07, 6.45) is 3.22. The summed E-state index contributed by atoms with van der Waals surface area (Å²) in [6, 6.07) is 9.48. The lowest BCUT2D eigenvalue weighted by molar-refractivity contribution is -0.118. The molecule has 1 aliphatic carbocycles. The third-order valence-electron chi connectivity index (χ3n) is 3.17. The van der Waals surface area contributed by atoms with Gasteiger partial charge in [-0.3, -0.25) is 9.89 Å². The minimum absolute atomic E-state index is 0.107. The lowest BCUT2D eigenvalue weighted by atomic mass is 10.1. The van der Waals surface area contributed by atoms with Gasteiger partial charge in [-0.2, -0.15) is 5.10 Å². The van der Waals surface area contributed by atoms with E-state index in [1.165, 1.54) is 0 Å². The molecule has 1 aromatic heterocycles. The van der Waals surface area contributed by atoms with Crippen LogP contribution >= 0.6 is 0 Å². The van der Waals surface area contributed by atoms with Gasteiger partial charge in [-0.1, -0.05) is 12.1 Å². The first-order valence-corrected chi connectivity index (χ1v) is 5.88. The van der Waals surface area contributed by atoms with Gasteiger partial charge in [0.05, 0.1) is 11.2 Å². The van der Waals surface area contributed by atoms with Crippen molar-refractivity contribution in [3.05, 3.63) is 36.5 Å². The number of H-pyrrole nitrogens is 1. The summed E-state index contributed by atoms with van der Waals surface area (Å²) in [6.45, 7) is 0. The normalized spacial score (nSPS) is 16.3. The van der Waals surface area contributed by atoms with Crippen LogP contribution in [0.5, 0.6) is 0 Å². The Morgan fingerprint density at radius 1 is 1.39 bits per heavy atom. The van der Waals surface area contributed by atoms with Gasteiger partial charge in [-0.05, 0) is 31.0 Å². The van der Waals surface area contributed by atoms with Crippen LogP contribution < -0.4 is 11.1 Å². The number of nitrogens with two attached hydrogens (primary N) is 1. The monoisotopic (exact) mass is 242 g/mol. The molecule has 0 radical (unpaired) electrons. The summed E-state index contributed by atoms with van der Waals surface area (Å²) >= 11 is 0. The average Bonchev–Trinajstić information content (AvgIpc) is 2.93. The zero-order valence-electron chi connectivity index (χ0n) is 9.81. The molecule has 1 amide bonds. The fraction of sp³-hybridized carbons (Fsp3) is 0.231. The number of hydrogen-bond donors (Lipinski definition) is 3. The number of hydrogen-bond acceptors (Lipinski definition) is 3. The second-order valence-electron chi connectivity index (χ2n) is 4.66. The van der Waals surface area contributed by atoms with Crippen LogP contribution in [0.25, 0.3) is 11.3 Å². The van der Waals surface area contributed by atoms with Crippen LogP contribution in [-0.2, 0) is 4.79 Å². The first-order chi connectivity index (χ1) is 8.67. The van der Waals surface area contributed by atoms with Crippen molar-refractivity contribution in [3.63, 3.8) is 0 Å². The highest BCUT2D eigenvalue weighted by Crippen LogP contribution is 2.33. The van der Waals surface area contributed by atoms with Crippen molar-refractivity contribution < 1.29 is 4.79 Å². The molecular formula is C13H14N4O. The van der Waals surface area contributed by atoms with E-state index in [2.05, 4.69) is 15.5 Å². The van der Waals surface area contributed by atoms with Crippen molar-refractivity contribution in [1.29, 1.82) is 0 Å². The van der Waals surface area contributed by atoms with E-state index < -0.39 is 5.54 Å². The van der Waals surface area contributed by atoms with Gasteiger partial charge in [0.1, 0.15) is 0 Å². The number of nitrogens with one attached hydrogen (secondary N) is 2. The SMILES string of the molecule is NC1(C(=O)Nc2cccc(-c3ccn[nH]3)c2)CC1. The van der Waals surface area contributed by atoms with E-state index in [1.807, 2.05) is 30.3 Å². The van der Waals surface area contributed by atoms with E-state index in [0.717, 1.165) is 29.8 Å². The summed E-state index contributed by atoms with van der Waals surface area (Å²) in [5, 5.41) is 9.64. The number of carbonyl (C=O) groups excluding carboxylic acids is 1. The van der Waals surface area contributed by atoms with E-state index in [1.54, 1.807) is 6.20 Å². The molecule has 18 heavy (non-hydrogen) atoms. The first-order valence-electron chi connectivity index (χ1n) is 5.88. The number of aromatic amines is 1. The van der Waals surface area contributed by atoms with Crippen molar-refractivity contribution in [3.8, 4) is 11.3 Å². The van der Waals surface area contributed by atoms with Crippen LogP contribution in [0, 0.1) is 0 Å². The molecule has 2 aromatic rings. The maximum absolute atomic E-state index is 11.8. The fourth-order valence-corrected chi connectivity index (χ4v) is 1.80. The zero-order chi connectivity index (χ0) is 12.6. The van der Waals surface area contributed by atoms with E-state index in [4.69, 9.17) is 5.73 Å². The smallest absolute Gasteiger partial charge is 0.244 e. The van der Waals surface area contributed by atoms with Crippen molar-refractivity contribution in [2.75, 3.05) is 5.32 Å². The highest BCUT2D eigenvalue weighted by atomic mass is 16.2. The predicted octanol–water partition coefficient (Wildman–Crippen LogP) is 1.51. The number of aromatic nitrogens is 2. The molecule has 0 aliphatic heterocycles. The zero-order valence-corrected chi connectivity index (χ0v) is 9.81. The van der Waals surface area contributed by atoms with Gasteiger partial charge in [0.2, 0.25) is 5.91 Å². The Morgan fingerprint density at radius 3 is 2.89 bits per heavy atom. The largest absolute Gasteiger partial charge is 0.324 e. The summed E-state index contributed by atoms with van der Waals surface area (Å²) in [5.74, 6) is -0.107. The highest BCUT2D eigenvalue weighted by Gasteiger charge is 2.45. The summed E-state index contributed by atoms with van der Waals surface area (Å²) in [7, 11) is 0. The maximum Gasteiger partial charge on any atom is 0.244 e. The van der Waals surface area contributed by atoms with Crippen LogP contribution in [-0.4, -0.2) is 21.6 Å². The molecule has 3 rings (SSSR count). The number of benzene rings is 1. The highest BCUT2D eigenvalue weighted by molar-refractivity contribution is 6.00. The van der Waals surface area contributed by atoms with Gasteiger partial charge >= 0.3 is 0 Å². The third kappa shape index (κ3) is 2.00. The fourth-order valence-electron chi connectivity index (χ4n) is 1.80. The number of nitrogens with zero attached hydrogens (tertiary/aromatic N) is 1. The van der Waals surface area contributed by atoms with E-state index >= 15 is 0 Å². The van der Waals surface area contributed by atoms with Gasteiger partial charge in [0, 0.05) is 17.4 Å². The van der Waals surface area contributed by atoms with Gasteiger partial charge < -0.3 is 11.1 Å². The van der Waals surface area contributed by atoms with Crippen LogP contribution in [0.3, 0.4) is 0 Å². The van der Waals surface area contributed by atoms with Crippen molar-refractivity contribution in [2.45, 2.75) is 18.4 Å². The summed E-state index contributed by atoms with van der Waals surface area (Å²) in [5.41, 5.74) is 7.84. The van der Waals surface area contributed by atoms with Crippen LogP contribution in [0.1, 0.15) is 12.8 Å².